The normalized spacial score (nSPS) is 23.6. The van der Waals surface area contributed by atoms with Crippen LogP contribution in [0.3, 0.4) is 0 Å². The first-order valence-electron chi connectivity index (χ1n) is 5.98. The number of piperazine rings is 1. The minimum Gasteiger partial charge on any atom is -0.314 e. The van der Waals surface area contributed by atoms with Crippen molar-refractivity contribution < 1.29 is 0 Å². The maximum Gasteiger partial charge on any atom is 0.138 e. The van der Waals surface area contributed by atoms with E-state index in [9.17, 15) is 0 Å². The van der Waals surface area contributed by atoms with Gasteiger partial charge in [-0.15, -0.1) is 0 Å². The Labute approximate surface area is 97.0 Å². The lowest BCUT2D eigenvalue weighted by Gasteiger charge is -2.35. The van der Waals surface area contributed by atoms with Crippen molar-refractivity contribution in [2.24, 2.45) is 0 Å². The van der Waals surface area contributed by atoms with Crippen LogP contribution in [0.15, 0.2) is 24.3 Å². The van der Waals surface area contributed by atoms with Gasteiger partial charge in [0.05, 0.1) is 0 Å². The van der Waals surface area contributed by atoms with E-state index < -0.39 is 0 Å². The van der Waals surface area contributed by atoms with Crippen molar-refractivity contribution in [1.29, 1.82) is 0 Å². The standard InChI is InChI=1S/C13H18N3/c1-15-10-11-4-2-3-5-12(11)13(15)16-8-6-14-7-9-16/h2-5,14H,6-10H2,1H3. The highest BCUT2D eigenvalue weighted by atomic mass is 15.4. The minimum absolute atomic E-state index is 1.05. The Morgan fingerprint density at radius 2 is 1.88 bits per heavy atom. The van der Waals surface area contributed by atoms with Gasteiger partial charge in [-0.3, -0.25) is 9.80 Å². The molecule has 3 nitrogen and oxygen atoms in total. The van der Waals surface area contributed by atoms with Gasteiger partial charge in [-0.2, -0.15) is 0 Å². The van der Waals surface area contributed by atoms with Gasteiger partial charge in [-0.1, -0.05) is 24.3 Å². The van der Waals surface area contributed by atoms with Gasteiger partial charge < -0.3 is 5.32 Å². The number of hydrogen-bond acceptors (Lipinski definition) is 3. The topological polar surface area (TPSA) is 18.5 Å². The summed E-state index contributed by atoms with van der Waals surface area (Å²) in [7, 11) is 2.19. The molecule has 3 rings (SSSR count). The fraction of sp³-hybridized carbons (Fsp3) is 0.462. The molecule has 0 atom stereocenters. The van der Waals surface area contributed by atoms with E-state index in [2.05, 4.69) is 46.4 Å². The quantitative estimate of drug-likeness (QED) is 0.751. The molecule has 1 saturated heterocycles. The monoisotopic (exact) mass is 216 g/mol. The number of nitrogens with zero attached hydrogens (tertiary/aromatic N) is 2. The molecular weight excluding hydrogens is 198 g/mol. The molecule has 0 unspecified atom stereocenters. The van der Waals surface area contributed by atoms with Crippen molar-refractivity contribution >= 4 is 0 Å². The van der Waals surface area contributed by atoms with Crippen molar-refractivity contribution in [2.75, 3.05) is 33.2 Å². The molecule has 1 radical (unpaired) electrons. The second-order valence-electron chi connectivity index (χ2n) is 4.57. The van der Waals surface area contributed by atoms with E-state index in [0.29, 0.717) is 0 Å². The van der Waals surface area contributed by atoms with Gasteiger partial charge in [-0.25, -0.2) is 0 Å². The average molecular weight is 216 g/mol. The summed E-state index contributed by atoms with van der Waals surface area (Å²) in [5.74, 6) is 0. The molecule has 2 aliphatic heterocycles. The van der Waals surface area contributed by atoms with Gasteiger partial charge in [0, 0.05) is 32.7 Å². The van der Waals surface area contributed by atoms with Crippen LogP contribution in [-0.4, -0.2) is 43.0 Å². The van der Waals surface area contributed by atoms with Crippen molar-refractivity contribution in [3.8, 4) is 0 Å². The lowest BCUT2D eigenvalue weighted by atomic mass is 10.1. The lowest BCUT2D eigenvalue weighted by Crippen LogP contribution is -2.48. The summed E-state index contributed by atoms with van der Waals surface area (Å²) in [5.41, 5.74) is 2.88. The largest absolute Gasteiger partial charge is 0.314 e. The second-order valence-corrected chi connectivity index (χ2v) is 4.57. The third-order valence-electron chi connectivity index (χ3n) is 3.44. The van der Waals surface area contributed by atoms with E-state index in [1.807, 2.05) is 0 Å². The van der Waals surface area contributed by atoms with Gasteiger partial charge in [-0.05, 0) is 18.2 Å². The Morgan fingerprint density at radius 1 is 1.12 bits per heavy atom. The summed E-state index contributed by atoms with van der Waals surface area (Å²) in [6.07, 6.45) is 1.41. The highest BCUT2D eigenvalue weighted by molar-refractivity contribution is 5.41. The van der Waals surface area contributed by atoms with Crippen LogP contribution in [0.25, 0.3) is 0 Å². The zero-order chi connectivity index (χ0) is 11.0. The molecule has 1 N–H and O–H groups in total. The molecule has 1 aromatic rings. The summed E-state index contributed by atoms with van der Waals surface area (Å²) < 4.78 is 0. The van der Waals surface area contributed by atoms with Crippen molar-refractivity contribution in [3.63, 3.8) is 0 Å². The van der Waals surface area contributed by atoms with Crippen LogP contribution in [0.5, 0.6) is 0 Å². The summed E-state index contributed by atoms with van der Waals surface area (Å²) >= 11 is 0. The van der Waals surface area contributed by atoms with Gasteiger partial charge in [0.1, 0.15) is 6.17 Å². The Hall–Kier alpha value is -0.900. The van der Waals surface area contributed by atoms with Gasteiger partial charge in [0.25, 0.3) is 0 Å². The van der Waals surface area contributed by atoms with E-state index in [1.165, 1.54) is 17.3 Å². The van der Waals surface area contributed by atoms with Crippen molar-refractivity contribution in [1.82, 2.24) is 15.1 Å². The van der Waals surface area contributed by atoms with E-state index in [0.717, 1.165) is 32.7 Å². The van der Waals surface area contributed by atoms with Crippen LogP contribution in [0, 0.1) is 6.17 Å². The fourth-order valence-corrected chi connectivity index (χ4v) is 2.70. The Kier molecular flexibility index (Phi) is 2.67. The van der Waals surface area contributed by atoms with Gasteiger partial charge in [0.2, 0.25) is 0 Å². The summed E-state index contributed by atoms with van der Waals surface area (Å²) in [6, 6.07) is 8.75. The lowest BCUT2D eigenvalue weighted by molar-refractivity contribution is 0.171. The molecule has 2 heterocycles. The number of hydrogen-bond donors (Lipinski definition) is 1. The highest BCUT2D eigenvalue weighted by Gasteiger charge is 2.33. The van der Waals surface area contributed by atoms with E-state index in [4.69, 9.17) is 0 Å². The van der Waals surface area contributed by atoms with Crippen LogP contribution >= 0.6 is 0 Å². The molecule has 85 valence electrons. The predicted molar refractivity (Wildman–Crippen MR) is 64.7 cm³/mol. The number of rotatable bonds is 1. The molecule has 1 aromatic carbocycles. The minimum atomic E-state index is 1.05. The maximum atomic E-state index is 3.40. The average Bonchev–Trinajstić information content (AvgIpc) is 2.66. The third-order valence-corrected chi connectivity index (χ3v) is 3.44. The first-order valence-corrected chi connectivity index (χ1v) is 5.98. The molecule has 0 aromatic heterocycles. The number of benzene rings is 1. The Morgan fingerprint density at radius 3 is 2.69 bits per heavy atom. The molecule has 3 heteroatoms. The molecule has 0 spiro atoms. The molecule has 2 aliphatic rings. The molecule has 0 aliphatic carbocycles. The van der Waals surface area contributed by atoms with Gasteiger partial charge in [0.15, 0.2) is 0 Å². The Balaban J connectivity index is 1.89. The first-order chi connectivity index (χ1) is 7.86. The highest BCUT2D eigenvalue weighted by Crippen LogP contribution is 2.33. The maximum absolute atomic E-state index is 3.40. The molecular formula is C13H18N3. The summed E-state index contributed by atoms with van der Waals surface area (Å²) in [6.45, 7) is 5.48. The van der Waals surface area contributed by atoms with Crippen LogP contribution in [-0.2, 0) is 6.54 Å². The van der Waals surface area contributed by atoms with E-state index in [-0.39, 0.29) is 0 Å². The van der Waals surface area contributed by atoms with E-state index >= 15 is 0 Å². The van der Waals surface area contributed by atoms with E-state index in [1.54, 1.807) is 0 Å². The first kappa shape index (κ1) is 10.3. The SMILES string of the molecule is CN1Cc2ccccc2[C]1N1CCNCC1. The van der Waals surface area contributed by atoms with Gasteiger partial charge >= 0.3 is 0 Å². The van der Waals surface area contributed by atoms with Crippen LogP contribution in [0.2, 0.25) is 0 Å². The van der Waals surface area contributed by atoms with Crippen LogP contribution in [0.4, 0.5) is 0 Å². The zero-order valence-corrected chi connectivity index (χ0v) is 9.74. The zero-order valence-electron chi connectivity index (χ0n) is 9.74. The predicted octanol–water partition coefficient (Wildman–Crippen LogP) is 0.875. The molecule has 0 saturated carbocycles. The summed E-state index contributed by atoms with van der Waals surface area (Å²) in [4.78, 5) is 4.87. The number of nitrogens with one attached hydrogen (secondary N) is 1. The molecule has 0 amide bonds. The number of fused-ring (bicyclic) bond motifs is 1. The second kappa shape index (κ2) is 4.17. The van der Waals surface area contributed by atoms with Crippen molar-refractivity contribution in [3.05, 3.63) is 41.6 Å². The Bertz CT molecular complexity index is 371. The molecule has 1 fully saturated rings. The summed E-state index contributed by atoms with van der Waals surface area (Å²) in [5, 5.41) is 3.40. The van der Waals surface area contributed by atoms with Crippen LogP contribution in [0.1, 0.15) is 11.1 Å². The van der Waals surface area contributed by atoms with Crippen molar-refractivity contribution in [2.45, 2.75) is 6.54 Å². The fourth-order valence-electron chi connectivity index (χ4n) is 2.70. The third kappa shape index (κ3) is 1.65. The van der Waals surface area contributed by atoms with Crippen LogP contribution < -0.4 is 5.32 Å². The molecule has 0 bridgehead atoms. The molecule has 16 heavy (non-hydrogen) atoms. The smallest absolute Gasteiger partial charge is 0.138 e.